The van der Waals surface area contributed by atoms with Gasteiger partial charge in [0.2, 0.25) is 0 Å². The zero-order valence-electron chi connectivity index (χ0n) is 9.03. The molecule has 0 unspecified atom stereocenters. The lowest BCUT2D eigenvalue weighted by Gasteiger charge is -2.19. The number of aromatic nitrogens is 2. The minimum absolute atomic E-state index is 0.00719. The Morgan fingerprint density at radius 1 is 1.47 bits per heavy atom. The Balaban J connectivity index is 2.93. The zero-order chi connectivity index (χ0) is 13.0. The highest BCUT2D eigenvalue weighted by atomic mass is 16.5. The van der Waals surface area contributed by atoms with E-state index in [1.165, 1.54) is 7.11 Å². The molecule has 0 saturated carbocycles. The first-order chi connectivity index (χ1) is 8.04. The Morgan fingerprint density at radius 3 is 2.53 bits per heavy atom. The fourth-order valence-corrected chi connectivity index (χ4v) is 1.22. The van der Waals surface area contributed by atoms with Crippen molar-refractivity contribution in [3.8, 4) is 11.9 Å². The molecule has 1 aromatic heterocycles. The van der Waals surface area contributed by atoms with E-state index in [1.807, 2.05) is 0 Å². The highest BCUT2D eigenvalue weighted by Gasteiger charge is 2.29. The van der Waals surface area contributed by atoms with E-state index in [1.54, 1.807) is 6.07 Å². The molecule has 8 heteroatoms. The van der Waals surface area contributed by atoms with Crippen molar-refractivity contribution in [2.24, 2.45) is 0 Å². The van der Waals surface area contributed by atoms with E-state index in [-0.39, 0.29) is 17.4 Å². The van der Waals surface area contributed by atoms with Crippen molar-refractivity contribution in [1.29, 1.82) is 5.26 Å². The van der Waals surface area contributed by atoms with E-state index in [0.717, 1.165) is 0 Å². The van der Waals surface area contributed by atoms with Crippen LogP contribution in [0.1, 0.15) is 17.6 Å². The van der Waals surface area contributed by atoms with Gasteiger partial charge in [-0.05, 0) is 0 Å². The van der Waals surface area contributed by atoms with Crippen LogP contribution in [-0.4, -0.2) is 56.3 Å². The van der Waals surface area contributed by atoms with Crippen LogP contribution >= 0.6 is 0 Å². The molecular weight excluding hydrogens is 230 g/mol. The number of aliphatic hydroxyl groups excluding tert-OH is 4. The van der Waals surface area contributed by atoms with Gasteiger partial charge in [-0.25, -0.2) is 0 Å². The van der Waals surface area contributed by atoms with Crippen molar-refractivity contribution in [1.82, 2.24) is 9.97 Å². The number of rotatable bonds is 5. The van der Waals surface area contributed by atoms with Crippen molar-refractivity contribution in [3.05, 3.63) is 11.5 Å². The van der Waals surface area contributed by atoms with Crippen LogP contribution in [0.5, 0.6) is 5.88 Å². The topological polar surface area (TPSA) is 143 Å². The third-order valence-electron chi connectivity index (χ3n) is 2.18. The van der Waals surface area contributed by atoms with Gasteiger partial charge in [-0.1, -0.05) is 0 Å². The average molecular weight is 243 g/mol. The van der Waals surface area contributed by atoms with Crippen molar-refractivity contribution in [2.75, 3.05) is 13.7 Å². The summed E-state index contributed by atoms with van der Waals surface area (Å²) in [6, 6.07) is 1.76. The molecule has 0 aliphatic rings. The molecule has 0 bridgehead atoms. The molecule has 1 aromatic rings. The molecule has 8 nitrogen and oxygen atoms in total. The fourth-order valence-electron chi connectivity index (χ4n) is 1.22. The third kappa shape index (κ3) is 2.72. The zero-order valence-corrected chi connectivity index (χ0v) is 9.03. The molecule has 0 radical (unpaired) electrons. The molecule has 3 atom stereocenters. The predicted molar refractivity (Wildman–Crippen MR) is 53.9 cm³/mol. The van der Waals surface area contributed by atoms with Gasteiger partial charge in [-0.3, -0.25) is 0 Å². The minimum atomic E-state index is -1.62. The number of aliphatic hydroxyl groups is 4. The van der Waals surface area contributed by atoms with Gasteiger partial charge < -0.3 is 30.1 Å². The van der Waals surface area contributed by atoms with Gasteiger partial charge in [-0.15, -0.1) is 0 Å². The number of aromatic amines is 1. The summed E-state index contributed by atoms with van der Waals surface area (Å²) in [5, 5.41) is 45.6. The number of ether oxygens (including phenoxy) is 1. The number of methoxy groups -OCH3 is 1. The maximum Gasteiger partial charge on any atom is 0.250 e. The molecule has 0 fully saturated rings. The van der Waals surface area contributed by atoms with Crippen LogP contribution in [0.3, 0.4) is 0 Å². The predicted octanol–water partition coefficient (Wildman–Crippen LogP) is -1.96. The number of hydrogen-bond acceptors (Lipinski definition) is 7. The summed E-state index contributed by atoms with van der Waals surface area (Å²) in [6.07, 6.45) is -4.69. The SMILES string of the molecule is COc1nc([C@@H](O)[C@H](O)[C@H](O)CO)[nH]c1C#N. The Morgan fingerprint density at radius 2 is 2.12 bits per heavy atom. The summed E-state index contributed by atoms with van der Waals surface area (Å²) in [6.45, 7) is -0.707. The quantitative estimate of drug-likeness (QED) is 0.404. The van der Waals surface area contributed by atoms with Crippen molar-refractivity contribution < 1.29 is 25.2 Å². The van der Waals surface area contributed by atoms with Gasteiger partial charge in [0.1, 0.15) is 30.2 Å². The number of imidazole rings is 1. The molecule has 1 rings (SSSR count). The first-order valence-electron chi connectivity index (χ1n) is 4.74. The van der Waals surface area contributed by atoms with Crippen LogP contribution in [0.4, 0.5) is 0 Å². The molecule has 1 heterocycles. The van der Waals surface area contributed by atoms with Gasteiger partial charge >= 0.3 is 0 Å². The summed E-state index contributed by atoms with van der Waals surface area (Å²) < 4.78 is 4.76. The molecule has 0 spiro atoms. The third-order valence-corrected chi connectivity index (χ3v) is 2.18. The van der Waals surface area contributed by atoms with Crippen molar-refractivity contribution >= 4 is 0 Å². The van der Waals surface area contributed by atoms with E-state index < -0.39 is 24.9 Å². The lowest BCUT2D eigenvalue weighted by atomic mass is 10.1. The van der Waals surface area contributed by atoms with Gasteiger partial charge in [0, 0.05) is 0 Å². The molecule has 5 N–H and O–H groups in total. The highest BCUT2D eigenvalue weighted by Crippen LogP contribution is 2.21. The number of nitriles is 1. The highest BCUT2D eigenvalue weighted by molar-refractivity contribution is 5.33. The Kier molecular flexibility index (Phi) is 4.42. The molecule has 17 heavy (non-hydrogen) atoms. The minimum Gasteiger partial charge on any atom is -0.479 e. The molecular formula is C9H13N3O5. The number of nitrogens with one attached hydrogen (secondary N) is 1. The number of H-pyrrole nitrogens is 1. The first kappa shape index (κ1) is 13.4. The lowest BCUT2D eigenvalue weighted by Crippen LogP contribution is -2.35. The Labute approximate surface area is 96.7 Å². The number of hydrogen-bond donors (Lipinski definition) is 5. The monoisotopic (exact) mass is 243 g/mol. The van der Waals surface area contributed by atoms with Crippen molar-refractivity contribution in [2.45, 2.75) is 18.3 Å². The maximum atomic E-state index is 9.64. The smallest absolute Gasteiger partial charge is 0.250 e. The van der Waals surface area contributed by atoms with Crippen LogP contribution in [-0.2, 0) is 0 Å². The largest absolute Gasteiger partial charge is 0.479 e. The van der Waals surface area contributed by atoms with E-state index in [4.69, 9.17) is 20.2 Å². The van der Waals surface area contributed by atoms with Gasteiger partial charge in [-0.2, -0.15) is 10.2 Å². The van der Waals surface area contributed by atoms with E-state index >= 15 is 0 Å². The van der Waals surface area contributed by atoms with Crippen LogP contribution in [0.15, 0.2) is 0 Å². The summed E-state index contributed by atoms with van der Waals surface area (Å²) in [4.78, 5) is 6.18. The number of nitrogens with zero attached hydrogens (tertiary/aromatic N) is 2. The second-order valence-electron chi connectivity index (χ2n) is 3.30. The van der Waals surface area contributed by atoms with Gasteiger partial charge in [0.05, 0.1) is 13.7 Å². The lowest BCUT2D eigenvalue weighted by molar-refractivity contribution is -0.0801. The summed E-state index contributed by atoms with van der Waals surface area (Å²) in [5.74, 6) is -0.148. The second-order valence-corrected chi connectivity index (χ2v) is 3.30. The molecule has 0 amide bonds. The molecule has 0 saturated heterocycles. The van der Waals surface area contributed by atoms with Gasteiger partial charge in [0.25, 0.3) is 5.88 Å². The average Bonchev–Trinajstić information content (AvgIpc) is 2.78. The maximum absolute atomic E-state index is 9.64. The first-order valence-corrected chi connectivity index (χ1v) is 4.74. The Hall–Kier alpha value is -1.66. The molecule has 0 aromatic carbocycles. The van der Waals surface area contributed by atoms with Crippen molar-refractivity contribution in [3.63, 3.8) is 0 Å². The van der Waals surface area contributed by atoms with E-state index in [0.29, 0.717) is 0 Å². The summed E-state index contributed by atoms with van der Waals surface area (Å²) >= 11 is 0. The van der Waals surface area contributed by atoms with E-state index in [2.05, 4.69) is 9.97 Å². The fraction of sp³-hybridized carbons (Fsp3) is 0.556. The van der Waals surface area contributed by atoms with E-state index in [9.17, 15) is 10.2 Å². The Bertz CT molecular complexity index is 413. The molecule has 0 aliphatic heterocycles. The normalized spacial score (nSPS) is 16.0. The standard InChI is InChI=1S/C9H13N3O5/c1-17-9-4(2-10)11-8(12-9)7(16)6(15)5(14)3-13/h5-7,13-16H,3H2,1H3,(H,11,12)/t5-,6-,7+/m1/s1. The second kappa shape index (κ2) is 5.60. The molecule has 0 aliphatic carbocycles. The van der Waals surface area contributed by atoms with Crippen LogP contribution < -0.4 is 4.74 Å². The summed E-state index contributed by atoms with van der Waals surface area (Å²) in [7, 11) is 1.30. The van der Waals surface area contributed by atoms with Crippen LogP contribution in [0.25, 0.3) is 0 Å². The molecule has 94 valence electrons. The van der Waals surface area contributed by atoms with Crippen LogP contribution in [0, 0.1) is 11.3 Å². The van der Waals surface area contributed by atoms with Gasteiger partial charge in [0.15, 0.2) is 5.69 Å². The van der Waals surface area contributed by atoms with Crippen LogP contribution in [0.2, 0.25) is 0 Å². The summed E-state index contributed by atoms with van der Waals surface area (Å²) in [5.41, 5.74) is -0.00719.